The molecule has 0 fully saturated rings. The number of halogens is 1. The molecule has 2 aromatic carbocycles. The highest BCUT2D eigenvalue weighted by Crippen LogP contribution is 2.33. The minimum atomic E-state index is -0.0367. The number of hydrogen-bond acceptors (Lipinski definition) is 3. The van der Waals surface area contributed by atoms with Gasteiger partial charge in [-0.25, -0.2) is 4.98 Å². The van der Waals surface area contributed by atoms with Gasteiger partial charge in [0.15, 0.2) is 5.16 Å². The molecule has 1 aromatic heterocycles. The molecule has 1 aliphatic rings. The summed E-state index contributed by atoms with van der Waals surface area (Å²) in [5, 5.41) is 1.33. The van der Waals surface area contributed by atoms with Crippen LogP contribution in [0.2, 0.25) is 5.02 Å². The van der Waals surface area contributed by atoms with Gasteiger partial charge < -0.3 is 0 Å². The first-order valence-electron chi connectivity index (χ1n) is 6.17. The normalized spacial score (nSPS) is 13.9. The number of thioether (sulfide) groups is 1. The van der Waals surface area contributed by atoms with E-state index in [0.29, 0.717) is 5.02 Å². The van der Waals surface area contributed by atoms with Gasteiger partial charge in [-0.3, -0.25) is 9.36 Å². The van der Waals surface area contributed by atoms with Gasteiger partial charge in [0, 0.05) is 16.3 Å². The lowest BCUT2D eigenvalue weighted by atomic mass is 10.1. The lowest BCUT2D eigenvalue weighted by Crippen LogP contribution is -2.12. The lowest BCUT2D eigenvalue weighted by Gasteiger charge is -2.05. The van der Waals surface area contributed by atoms with Crippen LogP contribution in [0.25, 0.3) is 11.0 Å². The number of fused-ring (bicyclic) bond motifs is 4. The van der Waals surface area contributed by atoms with Gasteiger partial charge in [-0.2, -0.15) is 0 Å². The van der Waals surface area contributed by atoms with Crippen LogP contribution in [0.1, 0.15) is 15.9 Å². The van der Waals surface area contributed by atoms with Crippen molar-refractivity contribution >= 4 is 40.3 Å². The van der Waals surface area contributed by atoms with E-state index >= 15 is 0 Å². The number of benzene rings is 2. The van der Waals surface area contributed by atoms with Crippen molar-refractivity contribution in [3.05, 3.63) is 58.6 Å². The summed E-state index contributed by atoms with van der Waals surface area (Å²) in [6, 6.07) is 13.1. The Morgan fingerprint density at radius 3 is 2.95 bits per heavy atom. The van der Waals surface area contributed by atoms with E-state index in [1.165, 1.54) is 0 Å². The standard InChI is InChI=1S/C15H9ClN2OS/c16-10-5-6-12-13(7-10)18-14(19)11-4-2-1-3-9(11)8-20-15(18)17-12/h1-7H,8H2. The molecule has 0 N–H and O–H groups in total. The Kier molecular flexibility index (Phi) is 2.62. The molecule has 20 heavy (non-hydrogen) atoms. The number of imidazole rings is 1. The van der Waals surface area contributed by atoms with Gasteiger partial charge in [0.25, 0.3) is 5.91 Å². The van der Waals surface area contributed by atoms with Gasteiger partial charge in [0.2, 0.25) is 0 Å². The van der Waals surface area contributed by atoms with Crippen molar-refractivity contribution in [3.63, 3.8) is 0 Å². The molecule has 3 nitrogen and oxygen atoms in total. The van der Waals surface area contributed by atoms with Gasteiger partial charge in [-0.05, 0) is 29.8 Å². The third-order valence-electron chi connectivity index (χ3n) is 3.39. The first-order chi connectivity index (χ1) is 9.74. The molecule has 0 amide bonds. The summed E-state index contributed by atoms with van der Waals surface area (Å²) in [5.41, 5.74) is 3.34. The van der Waals surface area contributed by atoms with Crippen LogP contribution in [0.15, 0.2) is 47.6 Å². The fraction of sp³-hybridized carbons (Fsp3) is 0.0667. The Hall–Kier alpha value is -1.78. The van der Waals surface area contributed by atoms with E-state index in [4.69, 9.17) is 11.6 Å². The Morgan fingerprint density at radius 1 is 1.20 bits per heavy atom. The van der Waals surface area contributed by atoms with E-state index in [1.54, 1.807) is 28.5 Å². The fourth-order valence-electron chi connectivity index (χ4n) is 2.44. The molecular formula is C15H9ClN2OS. The lowest BCUT2D eigenvalue weighted by molar-refractivity contribution is 0.0955. The van der Waals surface area contributed by atoms with E-state index < -0.39 is 0 Å². The molecule has 2 heterocycles. The highest BCUT2D eigenvalue weighted by Gasteiger charge is 2.24. The van der Waals surface area contributed by atoms with Crippen LogP contribution in [-0.2, 0) is 5.75 Å². The van der Waals surface area contributed by atoms with Crippen molar-refractivity contribution < 1.29 is 4.79 Å². The number of carbonyl (C=O) groups is 1. The highest BCUT2D eigenvalue weighted by molar-refractivity contribution is 7.98. The molecule has 0 saturated heterocycles. The fourth-order valence-corrected chi connectivity index (χ4v) is 3.61. The van der Waals surface area contributed by atoms with Gasteiger partial charge >= 0.3 is 0 Å². The van der Waals surface area contributed by atoms with Crippen molar-refractivity contribution in [1.82, 2.24) is 9.55 Å². The summed E-state index contributed by atoms with van der Waals surface area (Å²) in [7, 11) is 0. The third kappa shape index (κ3) is 1.69. The quantitative estimate of drug-likeness (QED) is 0.630. The maximum atomic E-state index is 12.8. The zero-order valence-corrected chi connectivity index (χ0v) is 11.9. The van der Waals surface area contributed by atoms with Crippen molar-refractivity contribution in [2.24, 2.45) is 0 Å². The molecule has 3 aromatic rings. The molecule has 0 atom stereocenters. The second-order valence-corrected chi connectivity index (χ2v) is 5.99. The molecule has 4 rings (SSSR count). The topological polar surface area (TPSA) is 34.9 Å². The van der Waals surface area contributed by atoms with E-state index in [1.807, 2.05) is 30.3 Å². The first-order valence-corrected chi connectivity index (χ1v) is 7.54. The van der Waals surface area contributed by atoms with E-state index in [9.17, 15) is 4.79 Å². The molecule has 0 radical (unpaired) electrons. The first kappa shape index (κ1) is 12.0. The van der Waals surface area contributed by atoms with Crippen molar-refractivity contribution in [2.75, 3.05) is 0 Å². The van der Waals surface area contributed by atoms with Crippen LogP contribution >= 0.6 is 23.4 Å². The molecule has 5 heteroatoms. The number of aromatic nitrogens is 2. The SMILES string of the molecule is O=C1c2ccccc2CSc2nc3ccc(Cl)cc3n21. The number of carbonyl (C=O) groups excluding carboxylic acids is 1. The van der Waals surface area contributed by atoms with Crippen molar-refractivity contribution in [1.29, 1.82) is 0 Å². The smallest absolute Gasteiger partial charge is 0.264 e. The van der Waals surface area contributed by atoms with Crippen LogP contribution in [0.4, 0.5) is 0 Å². The van der Waals surface area contributed by atoms with E-state index in [2.05, 4.69) is 4.98 Å². The molecule has 0 aliphatic carbocycles. The summed E-state index contributed by atoms with van der Waals surface area (Å²) < 4.78 is 1.66. The Balaban J connectivity index is 2.04. The second-order valence-electron chi connectivity index (χ2n) is 4.61. The predicted octanol–water partition coefficient (Wildman–Crippen LogP) is 3.98. The summed E-state index contributed by atoms with van der Waals surface area (Å²) in [6.07, 6.45) is 0. The predicted molar refractivity (Wildman–Crippen MR) is 80.5 cm³/mol. The minimum Gasteiger partial charge on any atom is -0.268 e. The van der Waals surface area contributed by atoms with Gasteiger partial charge in [0.05, 0.1) is 11.0 Å². The molecular weight excluding hydrogens is 292 g/mol. The van der Waals surface area contributed by atoms with Crippen LogP contribution in [-0.4, -0.2) is 15.5 Å². The zero-order chi connectivity index (χ0) is 13.7. The second kappa shape index (κ2) is 4.36. The molecule has 0 spiro atoms. The maximum absolute atomic E-state index is 12.8. The number of rotatable bonds is 0. The van der Waals surface area contributed by atoms with E-state index in [-0.39, 0.29) is 5.91 Å². The molecule has 0 bridgehead atoms. The van der Waals surface area contributed by atoms with E-state index in [0.717, 1.165) is 33.1 Å². The average molecular weight is 301 g/mol. The van der Waals surface area contributed by atoms with Crippen molar-refractivity contribution in [2.45, 2.75) is 10.9 Å². The largest absolute Gasteiger partial charge is 0.268 e. The van der Waals surface area contributed by atoms with Gasteiger partial charge in [0.1, 0.15) is 0 Å². The maximum Gasteiger partial charge on any atom is 0.264 e. The molecule has 98 valence electrons. The summed E-state index contributed by atoms with van der Waals surface area (Å²) in [4.78, 5) is 17.3. The van der Waals surface area contributed by atoms with Crippen LogP contribution < -0.4 is 0 Å². The Bertz CT molecular complexity index is 856. The highest BCUT2D eigenvalue weighted by atomic mass is 35.5. The molecule has 0 saturated carbocycles. The van der Waals surface area contributed by atoms with Crippen LogP contribution in [0.5, 0.6) is 0 Å². The average Bonchev–Trinajstić information content (AvgIpc) is 2.75. The van der Waals surface area contributed by atoms with Crippen molar-refractivity contribution in [3.8, 4) is 0 Å². The molecule has 0 unspecified atom stereocenters. The number of nitrogens with zero attached hydrogens (tertiary/aromatic N) is 2. The Labute approximate surface area is 124 Å². The summed E-state index contributed by atoms with van der Waals surface area (Å²) in [6.45, 7) is 0. The summed E-state index contributed by atoms with van der Waals surface area (Å²) >= 11 is 7.62. The van der Waals surface area contributed by atoms with Crippen LogP contribution in [0, 0.1) is 0 Å². The third-order valence-corrected chi connectivity index (χ3v) is 4.62. The summed E-state index contributed by atoms with van der Waals surface area (Å²) in [5.74, 6) is 0.712. The minimum absolute atomic E-state index is 0.0367. The van der Waals surface area contributed by atoms with Gasteiger partial charge in [-0.1, -0.05) is 41.6 Å². The zero-order valence-electron chi connectivity index (χ0n) is 10.3. The molecule has 1 aliphatic heterocycles. The Morgan fingerprint density at radius 2 is 2.05 bits per heavy atom. The number of hydrogen-bond donors (Lipinski definition) is 0. The van der Waals surface area contributed by atoms with Crippen LogP contribution in [0.3, 0.4) is 0 Å². The van der Waals surface area contributed by atoms with Gasteiger partial charge in [-0.15, -0.1) is 0 Å². The monoisotopic (exact) mass is 300 g/mol.